The summed E-state index contributed by atoms with van der Waals surface area (Å²) in [6, 6.07) is 2.87. The molecule has 0 bridgehead atoms. The van der Waals surface area contributed by atoms with E-state index in [0.29, 0.717) is 18.8 Å². The number of halogens is 3. The van der Waals surface area contributed by atoms with Gasteiger partial charge in [-0.05, 0) is 26.2 Å². The molecule has 0 amide bonds. The number of aliphatic hydroxyl groups excluding tert-OH is 1. The molecule has 0 saturated heterocycles. The van der Waals surface area contributed by atoms with E-state index in [1.807, 2.05) is 19.0 Å². The number of nitrogens with zero attached hydrogens (tertiary/aromatic N) is 1. The van der Waals surface area contributed by atoms with Crippen molar-refractivity contribution >= 4 is 28.9 Å². The van der Waals surface area contributed by atoms with E-state index in [4.69, 9.17) is 23.2 Å². The summed E-state index contributed by atoms with van der Waals surface area (Å²) in [6.45, 7) is 0.881. The van der Waals surface area contributed by atoms with Gasteiger partial charge in [0.25, 0.3) is 0 Å². The van der Waals surface area contributed by atoms with Crippen molar-refractivity contribution in [2.45, 2.75) is 6.10 Å². The van der Waals surface area contributed by atoms with E-state index in [9.17, 15) is 9.50 Å². The Labute approximate surface area is 110 Å². The molecule has 0 aliphatic heterocycles. The van der Waals surface area contributed by atoms with Crippen LogP contribution in [0.3, 0.4) is 0 Å². The maximum atomic E-state index is 13.1. The van der Waals surface area contributed by atoms with Crippen molar-refractivity contribution in [2.75, 3.05) is 32.5 Å². The predicted molar refractivity (Wildman–Crippen MR) is 69.5 cm³/mol. The summed E-state index contributed by atoms with van der Waals surface area (Å²) < 4.78 is 13.1. The van der Waals surface area contributed by atoms with Crippen molar-refractivity contribution in [2.24, 2.45) is 0 Å². The largest absolute Gasteiger partial charge is 0.390 e. The second kappa shape index (κ2) is 6.40. The minimum Gasteiger partial charge on any atom is -0.390 e. The van der Waals surface area contributed by atoms with Crippen LogP contribution in [0.2, 0.25) is 10.0 Å². The number of hydrogen-bond donors (Lipinski definition) is 2. The Hall–Kier alpha value is -0.550. The van der Waals surface area contributed by atoms with Crippen LogP contribution in [0, 0.1) is 5.82 Å². The average molecular weight is 281 g/mol. The van der Waals surface area contributed by atoms with E-state index < -0.39 is 11.9 Å². The summed E-state index contributed by atoms with van der Waals surface area (Å²) >= 11 is 11.3. The van der Waals surface area contributed by atoms with Gasteiger partial charge in [-0.15, -0.1) is 0 Å². The molecule has 0 aliphatic carbocycles. The van der Waals surface area contributed by atoms with Crippen LogP contribution in [-0.2, 0) is 0 Å². The fourth-order valence-electron chi connectivity index (χ4n) is 1.38. The standard InChI is InChI=1S/C11H15Cl2FN2O/c1-16(2)6-8(17)5-15-7-3-9(12)11(14)10(13)4-7/h3-4,8,15,17H,5-6H2,1-2H3. The third kappa shape index (κ3) is 4.68. The van der Waals surface area contributed by atoms with Gasteiger partial charge < -0.3 is 15.3 Å². The third-order valence-electron chi connectivity index (χ3n) is 2.10. The highest BCUT2D eigenvalue weighted by Crippen LogP contribution is 2.27. The van der Waals surface area contributed by atoms with Gasteiger partial charge in [-0.25, -0.2) is 4.39 Å². The maximum Gasteiger partial charge on any atom is 0.160 e. The monoisotopic (exact) mass is 280 g/mol. The van der Waals surface area contributed by atoms with Crippen molar-refractivity contribution in [3.63, 3.8) is 0 Å². The average Bonchev–Trinajstić information content (AvgIpc) is 2.22. The first kappa shape index (κ1) is 14.5. The minimum atomic E-state index is -0.632. The first-order chi connectivity index (χ1) is 7.90. The fourth-order valence-corrected chi connectivity index (χ4v) is 1.87. The Kier molecular flexibility index (Phi) is 5.46. The van der Waals surface area contributed by atoms with Crippen LogP contribution in [0.15, 0.2) is 12.1 Å². The molecule has 17 heavy (non-hydrogen) atoms. The van der Waals surface area contributed by atoms with Gasteiger partial charge in [0.1, 0.15) is 0 Å². The lowest BCUT2D eigenvalue weighted by atomic mass is 10.2. The lowest BCUT2D eigenvalue weighted by Gasteiger charge is -2.17. The maximum absolute atomic E-state index is 13.1. The van der Waals surface area contributed by atoms with Crippen molar-refractivity contribution in [1.29, 1.82) is 0 Å². The molecule has 0 fully saturated rings. The van der Waals surface area contributed by atoms with E-state index in [1.54, 1.807) is 0 Å². The van der Waals surface area contributed by atoms with Crippen LogP contribution in [-0.4, -0.2) is 43.3 Å². The Morgan fingerprint density at radius 3 is 2.35 bits per heavy atom. The van der Waals surface area contributed by atoms with E-state index in [2.05, 4.69) is 5.32 Å². The first-order valence-electron chi connectivity index (χ1n) is 5.11. The molecule has 0 aromatic heterocycles. The van der Waals surface area contributed by atoms with Crippen LogP contribution < -0.4 is 5.32 Å². The summed E-state index contributed by atoms with van der Waals surface area (Å²) in [5.74, 6) is -0.632. The van der Waals surface area contributed by atoms with Gasteiger partial charge in [-0.1, -0.05) is 23.2 Å². The SMILES string of the molecule is CN(C)CC(O)CNc1cc(Cl)c(F)c(Cl)c1. The van der Waals surface area contributed by atoms with Crippen LogP contribution in [0.1, 0.15) is 0 Å². The molecule has 1 aromatic carbocycles. The molecular weight excluding hydrogens is 266 g/mol. The molecule has 0 saturated carbocycles. The van der Waals surface area contributed by atoms with Crippen LogP contribution in [0.4, 0.5) is 10.1 Å². The lowest BCUT2D eigenvalue weighted by molar-refractivity contribution is 0.148. The van der Waals surface area contributed by atoms with Crippen molar-refractivity contribution in [3.8, 4) is 0 Å². The number of aliphatic hydroxyl groups is 1. The fraction of sp³-hybridized carbons (Fsp3) is 0.455. The van der Waals surface area contributed by atoms with E-state index in [1.165, 1.54) is 12.1 Å². The molecule has 1 aromatic rings. The zero-order valence-corrected chi connectivity index (χ0v) is 11.2. The number of likely N-dealkylation sites (N-methyl/N-ethyl adjacent to an activating group) is 1. The van der Waals surface area contributed by atoms with Gasteiger partial charge in [0.2, 0.25) is 0 Å². The summed E-state index contributed by atoms with van der Waals surface area (Å²) in [5.41, 5.74) is 0.583. The molecule has 2 N–H and O–H groups in total. The predicted octanol–water partition coefficient (Wildman–Crippen LogP) is 2.47. The number of rotatable bonds is 5. The Bertz CT molecular complexity index is 365. The van der Waals surface area contributed by atoms with Crippen molar-refractivity contribution in [1.82, 2.24) is 4.90 Å². The molecule has 1 atom stereocenters. The topological polar surface area (TPSA) is 35.5 Å². The molecule has 6 heteroatoms. The molecular formula is C11H15Cl2FN2O. The summed E-state index contributed by atoms with van der Waals surface area (Å²) in [5, 5.41) is 12.5. The second-order valence-corrected chi connectivity index (χ2v) is 4.87. The summed E-state index contributed by atoms with van der Waals surface area (Å²) in [4.78, 5) is 1.87. The molecule has 0 spiro atoms. The van der Waals surface area contributed by atoms with Gasteiger partial charge in [0, 0.05) is 18.8 Å². The van der Waals surface area contributed by atoms with E-state index in [0.717, 1.165) is 0 Å². The molecule has 3 nitrogen and oxygen atoms in total. The quantitative estimate of drug-likeness (QED) is 0.814. The van der Waals surface area contributed by atoms with Gasteiger partial charge in [0.15, 0.2) is 5.82 Å². The molecule has 96 valence electrons. The molecule has 0 aliphatic rings. The van der Waals surface area contributed by atoms with E-state index >= 15 is 0 Å². The number of hydrogen-bond acceptors (Lipinski definition) is 3. The highest BCUT2D eigenvalue weighted by atomic mass is 35.5. The van der Waals surface area contributed by atoms with Crippen LogP contribution in [0.25, 0.3) is 0 Å². The van der Waals surface area contributed by atoms with E-state index in [-0.39, 0.29) is 10.0 Å². The van der Waals surface area contributed by atoms with Crippen molar-refractivity contribution < 1.29 is 9.50 Å². The lowest BCUT2D eigenvalue weighted by Crippen LogP contribution is -2.31. The van der Waals surface area contributed by atoms with Crippen LogP contribution >= 0.6 is 23.2 Å². The number of benzene rings is 1. The second-order valence-electron chi connectivity index (χ2n) is 4.05. The van der Waals surface area contributed by atoms with Gasteiger partial charge in [-0.2, -0.15) is 0 Å². The summed E-state index contributed by atoms with van der Waals surface area (Å²) in [7, 11) is 3.74. The summed E-state index contributed by atoms with van der Waals surface area (Å²) in [6.07, 6.45) is -0.521. The Balaban J connectivity index is 2.58. The zero-order chi connectivity index (χ0) is 13.0. The van der Waals surface area contributed by atoms with Gasteiger partial charge in [-0.3, -0.25) is 0 Å². The molecule has 1 unspecified atom stereocenters. The van der Waals surface area contributed by atoms with Gasteiger partial charge in [0.05, 0.1) is 16.1 Å². The smallest absolute Gasteiger partial charge is 0.160 e. The molecule has 0 radical (unpaired) electrons. The molecule has 1 rings (SSSR count). The Morgan fingerprint density at radius 1 is 1.35 bits per heavy atom. The minimum absolute atomic E-state index is 0.0397. The highest BCUT2D eigenvalue weighted by molar-refractivity contribution is 6.35. The number of anilines is 1. The van der Waals surface area contributed by atoms with Gasteiger partial charge >= 0.3 is 0 Å². The third-order valence-corrected chi connectivity index (χ3v) is 2.65. The van der Waals surface area contributed by atoms with Crippen LogP contribution in [0.5, 0.6) is 0 Å². The molecule has 0 heterocycles. The zero-order valence-electron chi connectivity index (χ0n) is 9.67. The Morgan fingerprint density at radius 2 is 1.88 bits per heavy atom. The van der Waals surface area contributed by atoms with Crippen molar-refractivity contribution in [3.05, 3.63) is 28.0 Å². The normalized spacial score (nSPS) is 12.9. The first-order valence-corrected chi connectivity index (χ1v) is 5.87. The number of nitrogens with one attached hydrogen (secondary N) is 1. The highest BCUT2D eigenvalue weighted by Gasteiger charge is 2.09.